The van der Waals surface area contributed by atoms with E-state index < -0.39 is 17.4 Å². The minimum absolute atomic E-state index is 0.0599. The highest BCUT2D eigenvalue weighted by atomic mass is 19.4. The molecule has 8 nitrogen and oxygen atoms in total. The number of carbonyl (C=O) groups is 1. The first-order chi connectivity index (χ1) is 18.1. The summed E-state index contributed by atoms with van der Waals surface area (Å²) in [5.74, 6) is -0.271. The SMILES string of the molecule is CN(C)C1CCC(NC(=O)c2n[nH]c3ccc4nc(C(C=N)=C(N)C(F)(F)F)c5c(c4c23)CCCC5)CC1. The molecular formula is C27H32F3N7O. The Labute approximate surface area is 218 Å². The highest BCUT2D eigenvalue weighted by Crippen LogP contribution is 2.39. The summed E-state index contributed by atoms with van der Waals surface area (Å²) in [6.07, 6.45) is 2.42. The van der Waals surface area contributed by atoms with Gasteiger partial charge in [-0.05, 0) is 88.7 Å². The summed E-state index contributed by atoms with van der Waals surface area (Å²) in [5, 5.41) is 19.5. The van der Waals surface area contributed by atoms with E-state index in [9.17, 15) is 18.0 Å². The van der Waals surface area contributed by atoms with Crippen molar-refractivity contribution in [2.75, 3.05) is 14.1 Å². The summed E-state index contributed by atoms with van der Waals surface area (Å²) < 4.78 is 40.5. The first-order valence-electron chi connectivity index (χ1n) is 13.0. The number of carbonyl (C=O) groups excluding carboxylic acids is 1. The van der Waals surface area contributed by atoms with Crippen molar-refractivity contribution in [1.29, 1.82) is 5.41 Å². The van der Waals surface area contributed by atoms with Crippen LogP contribution in [0.15, 0.2) is 17.8 Å². The summed E-state index contributed by atoms with van der Waals surface area (Å²) >= 11 is 0. The molecule has 2 heterocycles. The number of fused-ring (bicyclic) bond motifs is 5. The fourth-order valence-electron chi connectivity index (χ4n) is 5.94. The van der Waals surface area contributed by atoms with Crippen LogP contribution in [0.2, 0.25) is 0 Å². The molecule has 0 aliphatic heterocycles. The van der Waals surface area contributed by atoms with Crippen molar-refractivity contribution in [2.45, 2.75) is 69.6 Å². The fourth-order valence-corrected chi connectivity index (χ4v) is 5.94. The molecule has 2 aliphatic rings. The highest BCUT2D eigenvalue weighted by molar-refractivity contribution is 6.18. The van der Waals surface area contributed by atoms with Gasteiger partial charge in [0.05, 0.1) is 16.7 Å². The second-order valence-corrected chi connectivity index (χ2v) is 10.5. The summed E-state index contributed by atoms with van der Waals surface area (Å²) in [5.41, 5.74) is 6.65. The maximum absolute atomic E-state index is 13.5. The van der Waals surface area contributed by atoms with Gasteiger partial charge in [0.1, 0.15) is 5.70 Å². The van der Waals surface area contributed by atoms with Crippen molar-refractivity contribution in [1.82, 2.24) is 25.4 Å². The van der Waals surface area contributed by atoms with Crippen molar-refractivity contribution >= 4 is 39.5 Å². The highest BCUT2D eigenvalue weighted by Gasteiger charge is 2.36. The van der Waals surface area contributed by atoms with Gasteiger partial charge in [0.15, 0.2) is 5.69 Å². The minimum atomic E-state index is -4.78. The van der Waals surface area contributed by atoms with E-state index in [4.69, 9.17) is 11.1 Å². The number of allylic oxidation sites excluding steroid dienone is 2. The van der Waals surface area contributed by atoms with Gasteiger partial charge in [-0.2, -0.15) is 18.3 Å². The number of nitrogens with one attached hydrogen (secondary N) is 3. The molecule has 202 valence electrons. The van der Waals surface area contributed by atoms with Crippen LogP contribution in [0, 0.1) is 5.41 Å². The molecule has 0 radical (unpaired) electrons. The Morgan fingerprint density at radius 1 is 1.11 bits per heavy atom. The summed E-state index contributed by atoms with van der Waals surface area (Å²) in [6, 6.07) is 4.02. The maximum atomic E-state index is 13.5. The molecule has 2 aliphatic carbocycles. The molecule has 1 aromatic carbocycles. The van der Waals surface area contributed by atoms with Crippen LogP contribution in [0.5, 0.6) is 0 Å². The number of aryl methyl sites for hydroxylation is 1. The Morgan fingerprint density at radius 2 is 1.79 bits per heavy atom. The Hall–Kier alpha value is -3.47. The second kappa shape index (κ2) is 10.0. The molecule has 1 fully saturated rings. The van der Waals surface area contributed by atoms with Crippen LogP contribution >= 0.6 is 0 Å². The number of hydrogen-bond donors (Lipinski definition) is 4. The van der Waals surface area contributed by atoms with Crippen LogP contribution in [0.1, 0.15) is 65.8 Å². The first kappa shape index (κ1) is 26.1. The van der Waals surface area contributed by atoms with E-state index in [2.05, 4.69) is 39.5 Å². The average molecular weight is 528 g/mol. The zero-order chi connectivity index (χ0) is 27.2. The van der Waals surface area contributed by atoms with E-state index in [1.165, 1.54) is 0 Å². The molecule has 5 rings (SSSR count). The largest absolute Gasteiger partial charge is 0.431 e. The lowest BCUT2D eigenvalue weighted by Gasteiger charge is -2.32. The summed E-state index contributed by atoms with van der Waals surface area (Å²) in [6.45, 7) is 0. The number of hydrogen-bond acceptors (Lipinski definition) is 6. The van der Waals surface area contributed by atoms with Gasteiger partial charge in [0, 0.05) is 34.6 Å². The van der Waals surface area contributed by atoms with Gasteiger partial charge in [-0.3, -0.25) is 9.89 Å². The third-order valence-corrected chi connectivity index (χ3v) is 7.97. The molecule has 0 spiro atoms. The van der Waals surface area contributed by atoms with Gasteiger partial charge in [-0.15, -0.1) is 0 Å². The lowest BCUT2D eigenvalue weighted by Crippen LogP contribution is -2.42. The standard InChI is InChI=1S/C27H32F3N7O/c1-37(2)15-9-7-14(8-10-15)33-26(38)24-22-20(35-36-24)12-11-19-21(22)16-5-3-4-6-17(16)23(34-19)18(13-31)25(32)27(28,29)30/h11-15,31H,3-10,32H2,1-2H3,(H,33,38)(H,35,36). The lowest BCUT2D eigenvalue weighted by atomic mass is 9.85. The van der Waals surface area contributed by atoms with Gasteiger partial charge < -0.3 is 21.4 Å². The minimum Gasteiger partial charge on any atom is -0.394 e. The summed E-state index contributed by atoms with van der Waals surface area (Å²) in [7, 11) is 4.14. The number of amides is 1. The van der Waals surface area contributed by atoms with Crippen molar-refractivity contribution in [3.63, 3.8) is 0 Å². The second-order valence-electron chi connectivity index (χ2n) is 10.5. The van der Waals surface area contributed by atoms with Crippen molar-refractivity contribution in [3.8, 4) is 0 Å². The van der Waals surface area contributed by atoms with E-state index in [1.807, 2.05) is 0 Å². The molecule has 0 unspecified atom stereocenters. The molecule has 2 aromatic heterocycles. The van der Waals surface area contributed by atoms with Gasteiger partial charge in [0.25, 0.3) is 5.91 Å². The maximum Gasteiger partial charge on any atom is 0.431 e. The van der Waals surface area contributed by atoms with E-state index in [0.29, 0.717) is 47.1 Å². The van der Waals surface area contributed by atoms with E-state index in [-0.39, 0.29) is 23.3 Å². The van der Waals surface area contributed by atoms with Crippen molar-refractivity contribution < 1.29 is 18.0 Å². The van der Waals surface area contributed by atoms with Crippen LogP contribution in [0.25, 0.3) is 27.4 Å². The number of H-pyrrole nitrogens is 1. The van der Waals surface area contributed by atoms with Crippen LogP contribution < -0.4 is 11.1 Å². The Bertz CT molecular complexity index is 1430. The van der Waals surface area contributed by atoms with Crippen molar-refractivity contribution in [3.05, 3.63) is 40.3 Å². The van der Waals surface area contributed by atoms with E-state index >= 15 is 0 Å². The van der Waals surface area contributed by atoms with Crippen molar-refractivity contribution in [2.24, 2.45) is 5.73 Å². The third kappa shape index (κ3) is 4.63. The van der Waals surface area contributed by atoms with Crippen LogP contribution in [0.3, 0.4) is 0 Å². The zero-order valence-electron chi connectivity index (χ0n) is 21.5. The normalized spacial score (nSPS) is 20.9. The Morgan fingerprint density at radius 3 is 2.42 bits per heavy atom. The fraction of sp³-hybridized carbons (Fsp3) is 0.481. The average Bonchev–Trinajstić information content (AvgIpc) is 3.33. The molecule has 3 aromatic rings. The predicted octanol–water partition coefficient (Wildman–Crippen LogP) is 4.47. The van der Waals surface area contributed by atoms with Crippen LogP contribution in [0.4, 0.5) is 13.2 Å². The number of rotatable bonds is 5. The number of aromatic nitrogens is 3. The molecule has 0 saturated heterocycles. The topological polar surface area (TPSA) is 124 Å². The quantitative estimate of drug-likeness (QED) is 0.365. The van der Waals surface area contributed by atoms with Gasteiger partial charge in [0.2, 0.25) is 0 Å². The predicted molar refractivity (Wildman–Crippen MR) is 141 cm³/mol. The Balaban J connectivity index is 1.61. The first-order valence-corrected chi connectivity index (χ1v) is 13.0. The van der Waals surface area contributed by atoms with Gasteiger partial charge in [-0.25, -0.2) is 4.98 Å². The monoisotopic (exact) mass is 527 g/mol. The van der Waals surface area contributed by atoms with Gasteiger partial charge >= 0.3 is 6.18 Å². The van der Waals surface area contributed by atoms with Gasteiger partial charge in [-0.1, -0.05) is 0 Å². The van der Waals surface area contributed by atoms with Crippen LogP contribution in [-0.2, 0) is 12.8 Å². The van der Waals surface area contributed by atoms with E-state index in [1.54, 1.807) is 12.1 Å². The zero-order valence-corrected chi connectivity index (χ0v) is 21.5. The number of alkyl halides is 3. The third-order valence-electron chi connectivity index (χ3n) is 7.97. The van der Waals surface area contributed by atoms with Crippen LogP contribution in [-0.4, -0.2) is 64.6 Å². The number of aromatic amines is 1. The molecule has 0 bridgehead atoms. The molecule has 1 amide bonds. The molecule has 38 heavy (non-hydrogen) atoms. The number of nitrogens with two attached hydrogens (primary N) is 1. The number of benzene rings is 1. The Kier molecular flexibility index (Phi) is 6.89. The van der Waals surface area contributed by atoms with E-state index in [0.717, 1.165) is 49.5 Å². The summed E-state index contributed by atoms with van der Waals surface area (Å²) in [4.78, 5) is 20.3. The molecule has 0 atom stereocenters. The number of halogens is 3. The molecule has 1 saturated carbocycles. The number of pyridine rings is 1. The molecule has 5 N–H and O–H groups in total. The lowest BCUT2D eigenvalue weighted by molar-refractivity contribution is -0.0919. The molecular weight excluding hydrogens is 495 g/mol. The number of nitrogens with zero attached hydrogens (tertiary/aromatic N) is 3. The molecule has 11 heteroatoms. The smallest absolute Gasteiger partial charge is 0.394 e.